The van der Waals surface area contributed by atoms with Crippen LogP contribution in [0.4, 0.5) is 5.95 Å². The molecule has 4 rings (SSSR count). The summed E-state index contributed by atoms with van der Waals surface area (Å²) < 4.78 is 5.42. The summed E-state index contributed by atoms with van der Waals surface area (Å²) >= 11 is 0. The fourth-order valence-electron chi connectivity index (χ4n) is 3.64. The van der Waals surface area contributed by atoms with Gasteiger partial charge < -0.3 is 9.42 Å². The monoisotopic (exact) mass is 348 g/mol. The van der Waals surface area contributed by atoms with Crippen molar-refractivity contribution in [1.29, 1.82) is 0 Å². The van der Waals surface area contributed by atoms with Crippen molar-refractivity contribution >= 4 is 5.95 Å². The molecule has 3 heterocycles. The van der Waals surface area contributed by atoms with Gasteiger partial charge in [-0.25, -0.2) is 9.97 Å². The van der Waals surface area contributed by atoms with E-state index in [2.05, 4.69) is 22.2 Å². The third kappa shape index (κ3) is 3.21. The van der Waals surface area contributed by atoms with Crippen LogP contribution in [0.5, 0.6) is 0 Å². The van der Waals surface area contributed by atoms with Crippen LogP contribution in [0.2, 0.25) is 0 Å². The average molecular weight is 348 g/mol. The van der Waals surface area contributed by atoms with Gasteiger partial charge in [-0.2, -0.15) is 0 Å². The summed E-state index contributed by atoms with van der Waals surface area (Å²) in [4.78, 5) is 12.0. The van der Waals surface area contributed by atoms with Crippen molar-refractivity contribution in [3.63, 3.8) is 0 Å². The first-order valence-corrected chi connectivity index (χ1v) is 9.34. The van der Waals surface area contributed by atoms with Crippen LogP contribution in [0, 0.1) is 13.8 Å². The summed E-state index contributed by atoms with van der Waals surface area (Å²) in [5, 5.41) is 4.14. The van der Waals surface area contributed by atoms with E-state index >= 15 is 0 Å². The standard InChI is InChI=1S/C21H24N4O/c1-15-19(16(2)26-24-15)20-18(17-10-6-5-7-11-17)14-22-21(23-20)25-12-8-3-4-9-13-25/h5-7,10-11,14H,3-4,8-9,12-13H2,1-2H3. The molecule has 0 atom stereocenters. The van der Waals surface area contributed by atoms with Gasteiger partial charge in [-0.15, -0.1) is 0 Å². The second-order valence-electron chi connectivity index (χ2n) is 6.90. The van der Waals surface area contributed by atoms with Gasteiger partial charge in [-0.1, -0.05) is 48.3 Å². The topological polar surface area (TPSA) is 55.1 Å². The summed E-state index contributed by atoms with van der Waals surface area (Å²) in [7, 11) is 0. The molecule has 0 N–H and O–H groups in total. The zero-order valence-corrected chi connectivity index (χ0v) is 15.4. The molecule has 2 aromatic heterocycles. The lowest BCUT2D eigenvalue weighted by atomic mass is 10.00. The van der Waals surface area contributed by atoms with Crippen LogP contribution in [0.15, 0.2) is 41.1 Å². The van der Waals surface area contributed by atoms with Gasteiger partial charge in [0.25, 0.3) is 0 Å². The number of anilines is 1. The van der Waals surface area contributed by atoms with Gasteiger partial charge in [0.1, 0.15) is 5.76 Å². The maximum atomic E-state index is 5.42. The number of nitrogens with zero attached hydrogens (tertiary/aromatic N) is 4. The molecule has 5 nitrogen and oxygen atoms in total. The first kappa shape index (κ1) is 16.8. The van der Waals surface area contributed by atoms with Crippen molar-refractivity contribution < 1.29 is 4.52 Å². The van der Waals surface area contributed by atoms with Crippen LogP contribution in [0.1, 0.15) is 37.1 Å². The minimum Gasteiger partial charge on any atom is -0.361 e. The van der Waals surface area contributed by atoms with E-state index in [9.17, 15) is 0 Å². The molecule has 1 aliphatic heterocycles. The lowest BCUT2D eigenvalue weighted by Gasteiger charge is -2.21. The van der Waals surface area contributed by atoms with Crippen LogP contribution in [-0.2, 0) is 0 Å². The largest absolute Gasteiger partial charge is 0.361 e. The van der Waals surface area contributed by atoms with E-state index in [0.717, 1.165) is 52.9 Å². The Hall–Kier alpha value is -2.69. The van der Waals surface area contributed by atoms with E-state index in [4.69, 9.17) is 14.5 Å². The van der Waals surface area contributed by atoms with Crippen LogP contribution >= 0.6 is 0 Å². The number of hydrogen-bond acceptors (Lipinski definition) is 5. The van der Waals surface area contributed by atoms with E-state index in [1.165, 1.54) is 25.7 Å². The van der Waals surface area contributed by atoms with Gasteiger partial charge in [0.05, 0.1) is 17.0 Å². The molecule has 0 bridgehead atoms. The zero-order valence-electron chi connectivity index (χ0n) is 15.4. The summed E-state index contributed by atoms with van der Waals surface area (Å²) in [5.74, 6) is 1.60. The van der Waals surface area contributed by atoms with Crippen molar-refractivity contribution in [1.82, 2.24) is 15.1 Å². The molecule has 1 aliphatic rings. The third-order valence-corrected chi connectivity index (χ3v) is 5.02. The molecule has 0 amide bonds. The summed E-state index contributed by atoms with van der Waals surface area (Å²) in [5.41, 5.74) is 4.85. The maximum absolute atomic E-state index is 5.42. The van der Waals surface area contributed by atoms with Crippen molar-refractivity contribution in [3.05, 3.63) is 48.0 Å². The molecule has 0 spiro atoms. The fourth-order valence-corrected chi connectivity index (χ4v) is 3.64. The zero-order chi connectivity index (χ0) is 17.9. The number of hydrogen-bond donors (Lipinski definition) is 0. The number of aromatic nitrogens is 3. The minimum atomic E-state index is 0.792. The highest BCUT2D eigenvalue weighted by Gasteiger charge is 2.21. The van der Waals surface area contributed by atoms with Gasteiger partial charge in [0.15, 0.2) is 0 Å². The van der Waals surface area contributed by atoms with Crippen LogP contribution in [0.25, 0.3) is 22.4 Å². The van der Waals surface area contributed by atoms with E-state index in [1.54, 1.807) is 0 Å². The second-order valence-corrected chi connectivity index (χ2v) is 6.90. The molecule has 0 aliphatic carbocycles. The number of rotatable bonds is 3. The second kappa shape index (κ2) is 7.28. The summed E-state index contributed by atoms with van der Waals surface area (Å²) in [6, 6.07) is 10.3. The SMILES string of the molecule is Cc1noc(C)c1-c1nc(N2CCCCCC2)ncc1-c1ccccc1. The normalized spacial score (nSPS) is 15.1. The Balaban J connectivity index is 1.85. The van der Waals surface area contributed by atoms with E-state index in [0.29, 0.717) is 0 Å². The van der Waals surface area contributed by atoms with Crippen molar-refractivity contribution in [2.75, 3.05) is 18.0 Å². The molecule has 1 saturated heterocycles. The molecule has 26 heavy (non-hydrogen) atoms. The van der Waals surface area contributed by atoms with E-state index < -0.39 is 0 Å². The van der Waals surface area contributed by atoms with Crippen LogP contribution in [0.3, 0.4) is 0 Å². The Morgan fingerprint density at radius 3 is 2.35 bits per heavy atom. The lowest BCUT2D eigenvalue weighted by Crippen LogP contribution is -2.26. The summed E-state index contributed by atoms with van der Waals surface area (Å²) in [6.45, 7) is 5.95. The van der Waals surface area contributed by atoms with Gasteiger partial charge >= 0.3 is 0 Å². The highest BCUT2D eigenvalue weighted by Crippen LogP contribution is 2.35. The molecule has 1 fully saturated rings. The Morgan fingerprint density at radius 2 is 1.69 bits per heavy atom. The minimum absolute atomic E-state index is 0.792. The molecular formula is C21H24N4O. The molecule has 3 aromatic rings. The first-order valence-electron chi connectivity index (χ1n) is 9.34. The molecule has 0 saturated carbocycles. The maximum Gasteiger partial charge on any atom is 0.225 e. The highest BCUT2D eigenvalue weighted by molar-refractivity contribution is 5.82. The van der Waals surface area contributed by atoms with Crippen LogP contribution in [-0.4, -0.2) is 28.2 Å². The summed E-state index contributed by atoms with van der Waals surface area (Å²) in [6.07, 6.45) is 6.92. The smallest absolute Gasteiger partial charge is 0.225 e. The Bertz CT molecular complexity index is 861. The van der Waals surface area contributed by atoms with Crippen molar-refractivity contribution in [2.24, 2.45) is 0 Å². The lowest BCUT2D eigenvalue weighted by molar-refractivity contribution is 0.393. The number of aryl methyl sites for hydroxylation is 2. The first-order chi connectivity index (χ1) is 12.7. The fraction of sp³-hybridized carbons (Fsp3) is 0.381. The third-order valence-electron chi connectivity index (χ3n) is 5.02. The molecule has 0 radical (unpaired) electrons. The molecule has 1 aromatic carbocycles. The Labute approximate surface area is 154 Å². The van der Waals surface area contributed by atoms with Gasteiger partial charge in [0.2, 0.25) is 5.95 Å². The van der Waals surface area contributed by atoms with Gasteiger partial charge in [-0.05, 0) is 32.3 Å². The molecular weight excluding hydrogens is 324 g/mol. The van der Waals surface area contributed by atoms with Crippen LogP contribution < -0.4 is 4.90 Å². The van der Waals surface area contributed by atoms with Crippen molar-refractivity contribution in [3.8, 4) is 22.4 Å². The molecule has 134 valence electrons. The Kier molecular flexibility index (Phi) is 4.69. The van der Waals surface area contributed by atoms with Crippen molar-refractivity contribution in [2.45, 2.75) is 39.5 Å². The predicted octanol–water partition coefficient (Wildman–Crippen LogP) is 4.80. The van der Waals surface area contributed by atoms with E-state index in [1.807, 2.05) is 38.2 Å². The highest BCUT2D eigenvalue weighted by atomic mass is 16.5. The molecule has 0 unspecified atom stereocenters. The van der Waals surface area contributed by atoms with Gasteiger partial charge in [0, 0.05) is 24.8 Å². The van der Waals surface area contributed by atoms with E-state index in [-0.39, 0.29) is 0 Å². The molecule has 5 heteroatoms. The quantitative estimate of drug-likeness (QED) is 0.681. The Morgan fingerprint density at radius 1 is 0.962 bits per heavy atom. The number of benzene rings is 1. The average Bonchev–Trinajstić information content (AvgIpc) is 2.88. The van der Waals surface area contributed by atoms with Gasteiger partial charge in [-0.3, -0.25) is 0 Å². The predicted molar refractivity (Wildman–Crippen MR) is 103 cm³/mol.